The Morgan fingerprint density at radius 2 is 2.15 bits per heavy atom. The van der Waals surface area contributed by atoms with Crippen molar-refractivity contribution in [1.82, 2.24) is 15.1 Å². The van der Waals surface area contributed by atoms with Gasteiger partial charge in [0, 0.05) is 31.8 Å². The van der Waals surface area contributed by atoms with E-state index < -0.39 is 6.10 Å². The molecule has 1 atom stereocenters. The fourth-order valence-corrected chi connectivity index (χ4v) is 1.93. The SMILES string of the molecule is Cn1cc([C@H](O)CNC(=O)CCc2ccccc2)cn1. The van der Waals surface area contributed by atoms with E-state index in [0.29, 0.717) is 18.4 Å². The molecule has 106 valence electrons. The Morgan fingerprint density at radius 3 is 2.80 bits per heavy atom. The van der Waals surface area contributed by atoms with Gasteiger partial charge in [-0.05, 0) is 12.0 Å². The molecule has 0 aliphatic carbocycles. The average Bonchev–Trinajstić information content (AvgIpc) is 2.90. The van der Waals surface area contributed by atoms with Crippen molar-refractivity contribution in [2.24, 2.45) is 7.05 Å². The number of amides is 1. The molecule has 20 heavy (non-hydrogen) atoms. The summed E-state index contributed by atoms with van der Waals surface area (Å²) in [6, 6.07) is 9.86. The lowest BCUT2D eigenvalue weighted by atomic mass is 10.1. The first-order chi connectivity index (χ1) is 9.65. The predicted octanol–water partition coefficient (Wildman–Crippen LogP) is 1.20. The largest absolute Gasteiger partial charge is 0.386 e. The van der Waals surface area contributed by atoms with Crippen LogP contribution in [0.15, 0.2) is 42.7 Å². The number of benzene rings is 1. The minimum Gasteiger partial charge on any atom is -0.386 e. The first-order valence-corrected chi connectivity index (χ1v) is 6.62. The van der Waals surface area contributed by atoms with Gasteiger partial charge in [0.25, 0.3) is 0 Å². The number of carbonyl (C=O) groups is 1. The van der Waals surface area contributed by atoms with Gasteiger partial charge in [-0.3, -0.25) is 9.48 Å². The van der Waals surface area contributed by atoms with Gasteiger partial charge in [-0.1, -0.05) is 30.3 Å². The summed E-state index contributed by atoms with van der Waals surface area (Å²) in [5.41, 5.74) is 1.84. The maximum atomic E-state index is 11.7. The summed E-state index contributed by atoms with van der Waals surface area (Å²) < 4.78 is 1.62. The monoisotopic (exact) mass is 273 g/mol. The second kappa shape index (κ2) is 6.86. The summed E-state index contributed by atoms with van der Waals surface area (Å²) in [4.78, 5) is 11.7. The molecule has 0 radical (unpaired) electrons. The summed E-state index contributed by atoms with van der Waals surface area (Å²) in [6.07, 6.45) is 3.74. The van der Waals surface area contributed by atoms with Gasteiger partial charge in [-0.2, -0.15) is 5.10 Å². The van der Waals surface area contributed by atoms with Crippen molar-refractivity contribution in [3.05, 3.63) is 53.9 Å². The third-order valence-corrected chi connectivity index (χ3v) is 3.09. The predicted molar refractivity (Wildman–Crippen MR) is 75.9 cm³/mol. The van der Waals surface area contributed by atoms with Gasteiger partial charge in [0.15, 0.2) is 0 Å². The standard InChI is InChI=1S/C15H19N3O2/c1-18-11-13(9-17-18)14(19)10-16-15(20)8-7-12-5-3-2-4-6-12/h2-6,9,11,14,19H,7-8,10H2,1H3,(H,16,20)/t14-/m1/s1. The fraction of sp³-hybridized carbons (Fsp3) is 0.333. The van der Waals surface area contributed by atoms with Gasteiger partial charge < -0.3 is 10.4 Å². The van der Waals surface area contributed by atoms with Gasteiger partial charge >= 0.3 is 0 Å². The van der Waals surface area contributed by atoms with Crippen LogP contribution in [0.5, 0.6) is 0 Å². The maximum absolute atomic E-state index is 11.7. The van der Waals surface area contributed by atoms with Gasteiger partial charge in [-0.25, -0.2) is 0 Å². The van der Waals surface area contributed by atoms with Crippen molar-refractivity contribution in [3.63, 3.8) is 0 Å². The van der Waals surface area contributed by atoms with E-state index in [4.69, 9.17) is 0 Å². The molecule has 5 heteroatoms. The van der Waals surface area contributed by atoms with E-state index in [9.17, 15) is 9.90 Å². The van der Waals surface area contributed by atoms with Crippen LogP contribution in [0.25, 0.3) is 0 Å². The minimum absolute atomic E-state index is 0.0585. The van der Waals surface area contributed by atoms with E-state index in [0.717, 1.165) is 5.56 Å². The molecule has 0 spiro atoms. The smallest absolute Gasteiger partial charge is 0.220 e. The number of nitrogens with one attached hydrogen (secondary N) is 1. The maximum Gasteiger partial charge on any atom is 0.220 e. The van der Waals surface area contributed by atoms with Crippen molar-refractivity contribution in [3.8, 4) is 0 Å². The van der Waals surface area contributed by atoms with Crippen LogP contribution >= 0.6 is 0 Å². The molecular formula is C15H19N3O2. The minimum atomic E-state index is -0.718. The van der Waals surface area contributed by atoms with E-state index >= 15 is 0 Å². The summed E-state index contributed by atoms with van der Waals surface area (Å²) in [7, 11) is 1.79. The molecule has 1 amide bonds. The highest BCUT2D eigenvalue weighted by Gasteiger charge is 2.11. The lowest BCUT2D eigenvalue weighted by Gasteiger charge is -2.10. The summed E-state index contributed by atoms with van der Waals surface area (Å²) in [5.74, 6) is -0.0585. The average molecular weight is 273 g/mol. The number of carbonyl (C=O) groups excluding carboxylic acids is 1. The number of aliphatic hydroxyl groups is 1. The molecule has 0 bridgehead atoms. The zero-order valence-corrected chi connectivity index (χ0v) is 11.5. The Labute approximate surface area is 118 Å². The van der Waals surface area contributed by atoms with E-state index in [2.05, 4.69) is 10.4 Å². The Morgan fingerprint density at radius 1 is 1.40 bits per heavy atom. The number of nitrogens with zero attached hydrogens (tertiary/aromatic N) is 2. The molecule has 0 fully saturated rings. The molecule has 0 unspecified atom stereocenters. The van der Waals surface area contributed by atoms with Gasteiger partial charge in [0.1, 0.15) is 0 Å². The van der Waals surface area contributed by atoms with Crippen molar-refractivity contribution in [2.45, 2.75) is 18.9 Å². The molecular weight excluding hydrogens is 254 g/mol. The Balaban J connectivity index is 1.72. The fourth-order valence-electron chi connectivity index (χ4n) is 1.93. The highest BCUT2D eigenvalue weighted by Crippen LogP contribution is 2.09. The third kappa shape index (κ3) is 4.20. The second-order valence-corrected chi connectivity index (χ2v) is 4.75. The van der Waals surface area contributed by atoms with Crippen LogP contribution in [0.4, 0.5) is 0 Å². The molecule has 0 saturated heterocycles. The molecule has 2 N–H and O–H groups in total. The zero-order valence-electron chi connectivity index (χ0n) is 11.5. The normalized spacial score (nSPS) is 12.1. The van der Waals surface area contributed by atoms with E-state index in [-0.39, 0.29) is 12.5 Å². The highest BCUT2D eigenvalue weighted by atomic mass is 16.3. The van der Waals surface area contributed by atoms with Gasteiger partial charge in [0.05, 0.1) is 12.3 Å². The Hall–Kier alpha value is -2.14. The molecule has 0 aliphatic heterocycles. The Bertz CT molecular complexity index is 551. The zero-order chi connectivity index (χ0) is 14.4. The van der Waals surface area contributed by atoms with Crippen LogP contribution in [-0.2, 0) is 18.3 Å². The van der Waals surface area contributed by atoms with Crippen LogP contribution in [0.3, 0.4) is 0 Å². The first kappa shape index (κ1) is 14.3. The third-order valence-electron chi connectivity index (χ3n) is 3.09. The van der Waals surface area contributed by atoms with Crippen molar-refractivity contribution < 1.29 is 9.90 Å². The summed E-state index contributed by atoms with van der Waals surface area (Å²) >= 11 is 0. The molecule has 1 heterocycles. The number of rotatable bonds is 6. The van der Waals surface area contributed by atoms with Crippen LogP contribution in [-0.4, -0.2) is 27.3 Å². The lowest BCUT2D eigenvalue weighted by molar-refractivity contribution is -0.121. The number of hydrogen-bond donors (Lipinski definition) is 2. The van der Waals surface area contributed by atoms with Crippen molar-refractivity contribution >= 4 is 5.91 Å². The van der Waals surface area contributed by atoms with E-state index in [1.165, 1.54) is 0 Å². The van der Waals surface area contributed by atoms with Gasteiger partial charge in [0.2, 0.25) is 5.91 Å². The number of aryl methyl sites for hydroxylation is 2. The molecule has 2 aromatic rings. The molecule has 0 saturated carbocycles. The molecule has 1 aromatic carbocycles. The number of hydrogen-bond acceptors (Lipinski definition) is 3. The molecule has 0 aliphatic rings. The van der Waals surface area contributed by atoms with Crippen LogP contribution in [0.2, 0.25) is 0 Å². The van der Waals surface area contributed by atoms with Crippen LogP contribution in [0, 0.1) is 0 Å². The lowest BCUT2D eigenvalue weighted by Crippen LogP contribution is -2.28. The summed E-state index contributed by atoms with van der Waals surface area (Å²) in [6.45, 7) is 0.208. The van der Waals surface area contributed by atoms with Crippen molar-refractivity contribution in [2.75, 3.05) is 6.54 Å². The highest BCUT2D eigenvalue weighted by molar-refractivity contribution is 5.76. The number of aromatic nitrogens is 2. The van der Waals surface area contributed by atoms with Gasteiger partial charge in [-0.15, -0.1) is 0 Å². The van der Waals surface area contributed by atoms with E-state index in [1.54, 1.807) is 24.1 Å². The second-order valence-electron chi connectivity index (χ2n) is 4.75. The topological polar surface area (TPSA) is 67.2 Å². The molecule has 5 nitrogen and oxygen atoms in total. The first-order valence-electron chi connectivity index (χ1n) is 6.62. The van der Waals surface area contributed by atoms with Crippen molar-refractivity contribution in [1.29, 1.82) is 0 Å². The molecule has 2 rings (SSSR count). The Kier molecular flexibility index (Phi) is 4.90. The quantitative estimate of drug-likeness (QED) is 0.831. The molecule has 1 aromatic heterocycles. The number of aliphatic hydroxyl groups excluding tert-OH is 1. The summed E-state index contributed by atoms with van der Waals surface area (Å²) in [5, 5.41) is 16.6. The van der Waals surface area contributed by atoms with Crippen LogP contribution < -0.4 is 5.32 Å². The van der Waals surface area contributed by atoms with E-state index in [1.807, 2.05) is 30.3 Å². The van der Waals surface area contributed by atoms with Crippen LogP contribution in [0.1, 0.15) is 23.7 Å².